The van der Waals surface area contributed by atoms with Crippen molar-refractivity contribution < 1.29 is 18.8 Å². The number of ether oxygens (including phenoxy) is 2. The highest BCUT2D eigenvalue weighted by Crippen LogP contribution is 2.18. The van der Waals surface area contributed by atoms with Crippen molar-refractivity contribution in [3.05, 3.63) is 65.0 Å². The highest BCUT2D eigenvalue weighted by molar-refractivity contribution is 5.71. The quantitative estimate of drug-likeness (QED) is 0.588. The molecule has 27 heavy (non-hydrogen) atoms. The van der Waals surface area contributed by atoms with Gasteiger partial charge in [-0.05, 0) is 49.1 Å². The summed E-state index contributed by atoms with van der Waals surface area (Å²) in [6, 6.07) is 13.7. The van der Waals surface area contributed by atoms with Gasteiger partial charge in [-0.15, -0.1) is 0 Å². The lowest BCUT2D eigenvalue weighted by Crippen LogP contribution is -2.15. The molecule has 1 heterocycles. The molecule has 0 aliphatic rings. The van der Waals surface area contributed by atoms with E-state index >= 15 is 0 Å². The zero-order valence-corrected chi connectivity index (χ0v) is 15.7. The van der Waals surface area contributed by atoms with Gasteiger partial charge in [0.15, 0.2) is 13.2 Å². The summed E-state index contributed by atoms with van der Waals surface area (Å²) in [6.07, 6.45) is 0.970. The van der Waals surface area contributed by atoms with Crippen LogP contribution < -0.4 is 4.74 Å². The molecule has 0 unspecified atom stereocenters. The number of hydrogen-bond acceptors (Lipinski definition) is 6. The van der Waals surface area contributed by atoms with Crippen LogP contribution in [0.2, 0.25) is 0 Å². The van der Waals surface area contributed by atoms with E-state index in [0.29, 0.717) is 11.6 Å². The molecule has 0 radical (unpaired) electrons. The summed E-state index contributed by atoms with van der Waals surface area (Å²) >= 11 is 0. The van der Waals surface area contributed by atoms with E-state index in [9.17, 15) is 4.79 Å². The zero-order chi connectivity index (χ0) is 19.2. The molecule has 0 aliphatic carbocycles. The minimum Gasteiger partial charge on any atom is -0.482 e. The van der Waals surface area contributed by atoms with Crippen molar-refractivity contribution >= 4 is 5.97 Å². The van der Waals surface area contributed by atoms with Crippen LogP contribution in [0.5, 0.6) is 5.75 Å². The van der Waals surface area contributed by atoms with Crippen LogP contribution in [0.4, 0.5) is 0 Å². The van der Waals surface area contributed by atoms with E-state index in [1.54, 1.807) is 0 Å². The number of hydrogen-bond donors (Lipinski definition) is 0. The van der Waals surface area contributed by atoms with Crippen molar-refractivity contribution in [3.8, 4) is 17.1 Å². The lowest BCUT2D eigenvalue weighted by Gasteiger charge is -2.07. The third-order valence-corrected chi connectivity index (χ3v) is 4.00. The molecule has 0 aliphatic heterocycles. The highest BCUT2D eigenvalue weighted by Gasteiger charge is 2.12. The lowest BCUT2D eigenvalue weighted by atomic mass is 10.1. The molecule has 3 aromatic rings. The summed E-state index contributed by atoms with van der Waals surface area (Å²) in [4.78, 5) is 16.1. The number of aromatic nitrogens is 2. The van der Waals surface area contributed by atoms with E-state index in [2.05, 4.69) is 17.1 Å². The van der Waals surface area contributed by atoms with E-state index in [1.807, 2.05) is 56.3 Å². The summed E-state index contributed by atoms with van der Waals surface area (Å²) in [5, 5.41) is 3.92. The number of aryl methyl sites for hydroxylation is 3. The molecule has 6 nitrogen and oxygen atoms in total. The number of esters is 1. The summed E-state index contributed by atoms with van der Waals surface area (Å²) < 4.78 is 15.7. The van der Waals surface area contributed by atoms with Crippen molar-refractivity contribution in [2.45, 2.75) is 33.8 Å². The molecule has 0 saturated heterocycles. The minimum absolute atomic E-state index is 0.0882. The Bertz CT molecular complexity index is 896. The average molecular weight is 366 g/mol. The Morgan fingerprint density at radius 3 is 2.44 bits per heavy atom. The number of carbonyl (C=O) groups is 1. The lowest BCUT2D eigenvalue weighted by molar-refractivity contribution is -0.148. The van der Waals surface area contributed by atoms with Crippen LogP contribution in [-0.4, -0.2) is 22.7 Å². The second-order valence-electron chi connectivity index (χ2n) is 6.33. The van der Waals surface area contributed by atoms with Crippen molar-refractivity contribution in [2.24, 2.45) is 0 Å². The van der Waals surface area contributed by atoms with Gasteiger partial charge in [-0.2, -0.15) is 4.98 Å². The monoisotopic (exact) mass is 366 g/mol. The molecule has 1 aromatic heterocycles. The predicted molar refractivity (Wildman–Crippen MR) is 100 cm³/mol. The maximum absolute atomic E-state index is 11.9. The number of rotatable bonds is 7. The van der Waals surface area contributed by atoms with Gasteiger partial charge in [-0.1, -0.05) is 42.4 Å². The Kier molecular flexibility index (Phi) is 5.86. The van der Waals surface area contributed by atoms with Gasteiger partial charge in [-0.3, -0.25) is 0 Å². The number of carbonyl (C=O) groups excluding carboxylic acids is 1. The molecule has 0 spiro atoms. The molecule has 2 aromatic carbocycles. The first-order valence-corrected chi connectivity index (χ1v) is 8.82. The second kappa shape index (κ2) is 8.49. The molecule has 140 valence electrons. The van der Waals surface area contributed by atoms with Crippen LogP contribution >= 0.6 is 0 Å². The molecule has 0 fully saturated rings. The van der Waals surface area contributed by atoms with Crippen molar-refractivity contribution in [1.82, 2.24) is 10.1 Å². The van der Waals surface area contributed by atoms with Gasteiger partial charge in [0.25, 0.3) is 5.89 Å². The standard InChI is InChI=1S/C21H22N2O4/c1-4-16-5-7-17(8-6-16)21-22-19(27-23-21)12-26-20(24)13-25-18-10-14(2)9-15(3)11-18/h5-11H,4,12-13H2,1-3H3. The van der Waals surface area contributed by atoms with Gasteiger partial charge in [-0.25, -0.2) is 4.79 Å². The van der Waals surface area contributed by atoms with Crippen molar-refractivity contribution in [2.75, 3.05) is 6.61 Å². The number of benzene rings is 2. The summed E-state index contributed by atoms with van der Waals surface area (Å²) in [6.45, 7) is 5.78. The van der Waals surface area contributed by atoms with E-state index in [-0.39, 0.29) is 19.1 Å². The first-order chi connectivity index (χ1) is 13.0. The summed E-state index contributed by atoms with van der Waals surface area (Å²) in [7, 11) is 0. The zero-order valence-electron chi connectivity index (χ0n) is 15.7. The van der Waals surface area contributed by atoms with Crippen LogP contribution in [0.15, 0.2) is 47.0 Å². The highest BCUT2D eigenvalue weighted by atomic mass is 16.6. The average Bonchev–Trinajstić information content (AvgIpc) is 3.13. The smallest absolute Gasteiger partial charge is 0.344 e. The fourth-order valence-corrected chi connectivity index (χ4v) is 2.66. The maximum atomic E-state index is 11.9. The van der Waals surface area contributed by atoms with Gasteiger partial charge >= 0.3 is 5.97 Å². The molecule has 0 bridgehead atoms. The first-order valence-electron chi connectivity index (χ1n) is 8.82. The van der Waals surface area contributed by atoms with Gasteiger partial charge in [0.2, 0.25) is 5.82 Å². The van der Waals surface area contributed by atoms with E-state index in [0.717, 1.165) is 23.1 Å². The Morgan fingerprint density at radius 2 is 1.78 bits per heavy atom. The maximum Gasteiger partial charge on any atom is 0.344 e. The molecule has 0 atom stereocenters. The van der Waals surface area contributed by atoms with Crippen molar-refractivity contribution in [3.63, 3.8) is 0 Å². The summed E-state index contributed by atoms with van der Waals surface area (Å²) in [5.74, 6) is 0.848. The Balaban J connectivity index is 1.51. The van der Waals surface area contributed by atoms with Gasteiger partial charge in [0.1, 0.15) is 5.75 Å². The molecular formula is C21H22N2O4. The first kappa shape index (κ1) is 18.6. The SMILES string of the molecule is CCc1ccc(-c2noc(COC(=O)COc3cc(C)cc(C)c3)n2)cc1. The fraction of sp³-hybridized carbons (Fsp3) is 0.286. The number of nitrogens with zero attached hydrogens (tertiary/aromatic N) is 2. The Labute approximate surface area is 158 Å². The third kappa shape index (κ3) is 5.17. The van der Waals surface area contributed by atoms with E-state index in [1.165, 1.54) is 5.56 Å². The predicted octanol–water partition coefficient (Wildman–Crippen LogP) is 4.04. The largest absolute Gasteiger partial charge is 0.482 e. The van der Waals surface area contributed by atoms with Crippen molar-refractivity contribution in [1.29, 1.82) is 0 Å². The van der Waals surface area contributed by atoms with Gasteiger partial charge < -0.3 is 14.0 Å². The van der Waals surface area contributed by atoms with E-state index in [4.69, 9.17) is 14.0 Å². The third-order valence-electron chi connectivity index (χ3n) is 4.00. The van der Waals surface area contributed by atoms with Gasteiger partial charge in [0, 0.05) is 5.56 Å². The second-order valence-corrected chi connectivity index (χ2v) is 6.33. The molecule has 3 rings (SSSR count). The minimum atomic E-state index is -0.499. The topological polar surface area (TPSA) is 74.5 Å². The van der Waals surface area contributed by atoms with Crippen LogP contribution in [0, 0.1) is 13.8 Å². The van der Waals surface area contributed by atoms with E-state index < -0.39 is 5.97 Å². The molecule has 6 heteroatoms. The fourth-order valence-electron chi connectivity index (χ4n) is 2.66. The normalized spacial score (nSPS) is 10.6. The van der Waals surface area contributed by atoms with Crippen LogP contribution in [0.25, 0.3) is 11.4 Å². The van der Waals surface area contributed by atoms with Gasteiger partial charge in [0.05, 0.1) is 0 Å². The molecule has 0 amide bonds. The molecular weight excluding hydrogens is 344 g/mol. The Morgan fingerprint density at radius 1 is 1.07 bits per heavy atom. The van der Waals surface area contributed by atoms with Crippen LogP contribution in [-0.2, 0) is 22.6 Å². The molecule has 0 saturated carbocycles. The Hall–Kier alpha value is -3.15. The summed E-state index contributed by atoms with van der Waals surface area (Å²) in [5.41, 5.74) is 4.24. The molecule has 0 N–H and O–H groups in total. The van der Waals surface area contributed by atoms with Crippen LogP contribution in [0.1, 0.15) is 29.5 Å². The van der Waals surface area contributed by atoms with Crippen LogP contribution in [0.3, 0.4) is 0 Å².